The maximum absolute atomic E-state index is 13.1. The molecule has 26 heavy (non-hydrogen) atoms. The normalized spacial score (nSPS) is 21.4. The molecule has 1 aliphatic heterocycles. The summed E-state index contributed by atoms with van der Waals surface area (Å²) in [5, 5.41) is 9.56. The summed E-state index contributed by atoms with van der Waals surface area (Å²) in [6, 6.07) is 8.16. The number of rotatable bonds is 3. The van der Waals surface area contributed by atoms with Crippen LogP contribution in [0.5, 0.6) is 0 Å². The molecule has 1 saturated heterocycles. The van der Waals surface area contributed by atoms with Crippen molar-refractivity contribution >= 4 is 16.8 Å². The number of amides is 1. The van der Waals surface area contributed by atoms with Crippen molar-refractivity contribution in [2.75, 3.05) is 13.1 Å². The average molecular weight is 349 g/mol. The van der Waals surface area contributed by atoms with Crippen molar-refractivity contribution in [1.82, 2.24) is 24.6 Å². The van der Waals surface area contributed by atoms with Crippen LogP contribution >= 0.6 is 0 Å². The summed E-state index contributed by atoms with van der Waals surface area (Å²) in [5.41, 5.74) is 2.37. The average Bonchev–Trinajstić information content (AvgIpc) is 3.31. The van der Waals surface area contributed by atoms with Crippen LogP contribution < -0.4 is 0 Å². The standard InChI is InChI=1S/C20H23N5O/c1-24-13-22-23-19(24)16-11-25(12-20(16)7-4-8-20)18(26)9-14-10-21-17-6-3-2-5-15(14)17/h2-3,5-6,10,13,16,21H,4,7-9,11-12H2,1H3. The summed E-state index contributed by atoms with van der Waals surface area (Å²) in [5.74, 6) is 1.54. The number of fused-ring (bicyclic) bond motifs is 1. The van der Waals surface area contributed by atoms with Gasteiger partial charge in [0.05, 0.1) is 6.42 Å². The monoisotopic (exact) mass is 349 g/mol. The molecule has 1 amide bonds. The number of hydrogen-bond acceptors (Lipinski definition) is 3. The molecular weight excluding hydrogens is 326 g/mol. The third kappa shape index (κ3) is 2.28. The van der Waals surface area contributed by atoms with E-state index in [1.54, 1.807) is 6.33 Å². The zero-order valence-electron chi connectivity index (χ0n) is 15.0. The molecule has 1 aromatic carbocycles. The van der Waals surface area contributed by atoms with Crippen molar-refractivity contribution in [3.63, 3.8) is 0 Å². The molecular formula is C20H23N5O. The van der Waals surface area contributed by atoms with E-state index in [2.05, 4.69) is 26.1 Å². The van der Waals surface area contributed by atoms with Crippen LogP contribution in [0, 0.1) is 5.41 Å². The van der Waals surface area contributed by atoms with Crippen LogP contribution in [0.4, 0.5) is 0 Å². The van der Waals surface area contributed by atoms with Gasteiger partial charge in [-0.1, -0.05) is 24.6 Å². The number of aromatic nitrogens is 4. The van der Waals surface area contributed by atoms with E-state index < -0.39 is 0 Å². The number of aryl methyl sites for hydroxylation is 1. The van der Waals surface area contributed by atoms with Gasteiger partial charge in [-0.3, -0.25) is 4.79 Å². The first-order chi connectivity index (χ1) is 12.7. The Morgan fingerprint density at radius 1 is 1.35 bits per heavy atom. The van der Waals surface area contributed by atoms with E-state index >= 15 is 0 Å². The first kappa shape index (κ1) is 15.6. The lowest BCUT2D eigenvalue weighted by Crippen LogP contribution is -2.38. The molecule has 5 rings (SSSR count). The van der Waals surface area contributed by atoms with Gasteiger partial charge in [0, 0.05) is 43.2 Å². The molecule has 0 bridgehead atoms. The summed E-state index contributed by atoms with van der Waals surface area (Å²) >= 11 is 0. The Morgan fingerprint density at radius 3 is 2.92 bits per heavy atom. The van der Waals surface area contributed by atoms with E-state index in [1.807, 2.05) is 36.0 Å². The molecule has 134 valence electrons. The number of carbonyl (C=O) groups excluding carboxylic acids is 1. The molecule has 2 fully saturated rings. The van der Waals surface area contributed by atoms with Crippen LogP contribution in [0.25, 0.3) is 10.9 Å². The van der Waals surface area contributed by atoms with Gasteiger partial charge in [-0.05, 0) is 29.9 Å². The summed E-state index contributed by atoms with van der Waals surface area (Å²) in [6.07, 6.45) is 7.79. The number of H-pyrrole nitrogens is 1. The van der Waals surface area contributed by atoms with E-state index in [9.17, 15) is 4.79 Å². The van der Waals surface area contributed by atoms with Gasteiger partial charge >= 0.3 is 0 Å². The summed E-state index contributed by atoms with van der Waals surface area (Å²) < 4.78 is 2.01. The zero-order valence-corrected chi connectivity index (χ0v) is 15.0. The molecule has 1 atom stereocenters. The van der Waals surface area contributed by atoms with Gasteiger partial charge in [0.25, 0.3) is 0 Å². The number of nitrogens with zero attached hydrogens (tertiary/aromatic N) is 4. The van der Waals surface area contributed by atoms with Gasteiger partial charge in [-0.25, -0.2) is 0 Å². The molecule has 1 N–H and O–H groups in total. The lowest BCUT2D eigenvalue weighted by molar-refractivity contribution is -0.130. The molecule has 2 aliphatic rings. The topological polar surface area (TPSA) is 66.8 Å². The molecule has 6 heteroatoms. The number of aromatic amines is 1. The quantitative estimate of drug-likeness (QED) is 0.790. The van der Waals surface area contributed by atoms with Crippen LogP contribution in [0.1, 0.15) is 36.6 Å². The Kier molecular flexibility index (Phi) is 3.42. The van der Waals surface area contributed by atoms with Crippen molar-refractivity contribution in [3.05, 3.63) is 48.2 Å². The summed E-state index contributed by atoms with van der Waals surface area (Å²) in [4.78, 5) is 18.4. The molecule has 3 heterocycles. The first-order valence-corrected chi connectivity index (χ1v) is 9.33. The fourth-order valence-corrected chi connectivity index (χ4v) is 4.81. The van der Waals surface area contributed by atoms with Gasteiger partial charge in [-0.2, -0.15) is 0 Å². The largest absolute Gasteiger partial charge is 0.361 e. The van der Waals surface area contributed by atoms with E-state index in [-0.39, 0.29) is 11.3 Å². The van der Waals surface area contributed by atoms with Crippen LogP contribution in [-0.2, 0) is 18.3 Å². The molecule has 6 nitrogen and oxygen atoms in total. The first-order valence-electron chi connectivity index (χ1n) is 9.33. The Hall–Kier alpha value is -2.63. The van der Waals surface area contributed by atoms with Crippen molar-refractivity contribution in [3.8, 4) is 0 Å². The lowest BCUT2D eigenvalue weighted by Gasteiger charge is -2.42. The fraction of sp³-hybridized carbons (Fsp3) is 0.450. The SMILES string of the molecule is Cn1cnnc1C1CN(C(=O)Cc2c[nH]c3ccccc23)CC12CCC2. The highest BCUT2D eigenvalue weighted by molar-refractivity contribution is 5.89. The second-order valence-electron chi connectivity index (χ2n) is 7.88. The van der Waals surface area contributed by atoms with E-state index in [0.717, 1.165) is 35.4 Å². The number of benzene rings is 1. The minimum absolute atomic E-state index is 0.205. The maximum Gasteiger partial charge on any atom is 0.227 e. The minimum Gasteiger partial charge on any atom is -0.361 e. The fourth-order valence-electron chi connectivity index (χ4n) is 4.81. The zero-order chi connectivity index (χ0) is 17.7. The van der Waals surface area contributed by atoms with Crippen LogP contribution in [0.15, 0.2) is 36.8 Å². The highest BCUT2D eigenvalue weighted by Gasteiger charge is 2.53. The maximum atomic E-state index is 13.1. The molecule has 0 radical (unpaired) electrons. The van der Waals surface area contributed by atoms with Gasteiger partial charge in [0.15, 0.2) is 0 Å². The van der Waals surface area contributed by atoms with Crippen molar-refractivity contribution in [2.24, 2.45) is 12.5 Å². The number of para-hydroxylation sites is 1. The van der Waals surface area contributed by atoms with Crippen LogP contribution in [0.2, 0.25) is 0 Å². The second-order valence-corrected chi connectivity index (χ2v) is 7.88. The smallest absolute Gasteiger partial charge is 0.227 e. The van der Waals surface area contributed by atoms with Crippen LogP contribution in [-0.4, -0.2) is 43.6 Å². The van der Waals surface area contributed by atoms with Crippen molar-refractivity contribution < 1.29 is 4.79 Å². The van der Waals surface area contributed by atoms with Crippen LogP contribution in [0.3, 0.4) is 0 Å². The van der Waals surface area contributed by atoms with E-state index in [4.69, 9.17) is 0 Å². The Labute approximate surface area is 152 Å². The van der Waals surface area contributed by atoms with E-state index in [1.165, 1.54) is 19.3 Å². The Morgan fingerprint density at radius 2 is 2.19 bits per heavy atom. The minimum atomic E-state index is 0.205. The van der Waals surface area contributed by atoms with Gasteiger partial charge < -0.3 is 14.5 Å². The summed E-state index contributed by atoms with van der Waals surface area (Å²) in [6.45, 7) is 1.61. The molecule has 1 spiro atoms. The molecule has 3 aromatic rings. The number of carbonyl (C=O) groups is 1. The third-order valence-corrected chi connectivity index (χ3v) is 6.42. The molecule has 1 unspecified atom stereocenters. The van der Waals surface area contributed by atoms with Gasteiger partial charge in [0.2, 0.25) is 5.91 Å². The highest BCUT2D eigenvalue weighted by atomic mass is 16.2. The lowest BCUT2D eigenvalue weighted by atomic mass is 9.62. The number of nitrogens with one attached hydrogen (secondary N) is 1. The predicted molar refractivity (Wildman–Crippen MR) is 98.6 cm³/mol. The number of hydrogen-bond donors (Lipinski definition) is 1. The highest BCUT2D eigenvalue weighted by Crippen LogP contribution is 2.55. The molecule has 2 aromatic heterocycles. The van der Waals surface area contributed by atoms with Gasteiger partial charge in [-0.15, -0.1) is 10.2 Å². The molecule has 1 aliphatic carbocycles. The predicted octanol–water partition coefficient (Wildman–Crippen LogP) is 2.64. The Bertz CT molecular complexity index is 967. The van der Waals surface area contributed by atoms with Crippen molar-refractivity contribution in [2.45, 2.75) is 31.6 Å². The second kappa shape index (κ2) is 5.69. The van der Waals surface area contributed by atoms with E-state index in [0.29, 0.717) is 12.3 Å². The third-order valence-electron chi connectivity index (χ3n) is 6.42. The summed E-state index contributed by atoms with van der Waals surface area (Å²) in [7, 11) is 2.00. The Balaban J connectivity index is 1.39. The molecule has 1 saturated carbocycles. The number of likely N-dealkylation sites (tertiary alicyclic amines) is 1. The van der Waals surface area contributed by atoms with Gasteiger partial charge in [0.1, 0.15) is 12.2 Å². The van der Waals surface area contributed by atoms with Crippen molar-refractivity contribution in [1.29, 1.82) is 0 Å².